The highest BCUT2D eigenvalue weighted by molar-refractivity contribution is 7.98. The van der Waals surface area contributed by atoms with Gasteiger partial charge in [-0.25, -0.2) is 9.59 Å². The van der Waals surface area contributed by atoms with E-state index in [1.807, 2.05) is 30.5 Å². The van der Waals surface area contributed by atoms with Crippen LogP contribution in [-0.4, -0.2) is 45.8 Å². The molecule has 49 heavy (non-hydrogen) atoms. The standard InChI is InChI=1S/C39H41N3O6S/c1-24(43)47-40-36(26-10-6-4-7-11-26)38(45)28-14-20-34-32(22-28)33-23-29(15-21-35(33)42(34)30-16-18-31(49-3)19-17-30)39(46)37(41-48-25(2)44)27-12-8-5-9-13-27/h14-23,26-27H,4-13H2,1-3H3/b40-36+,41-37+. The molecule has 0 bridgehead atoms. The molecule has 0 spiro atoms. The number of Topliss-reactive ketones (excluding diaryl/α,β-unsaturated/α-hetero) is 2. The topological polar surface area (TPSA) is 116 Å². The summed E-state index contributed by atoms with van der Waals surface area (Å²) in [7, 11) is 0. The predicted octanol–water partition coefficient (Wildman–Crippen LogP) is 8.87. The minimum absolute atomic E-state index is 0.0912. The molecule has 0 unspecified atom stereocenters. The van der Waals surface area contributed by atoms with E-state index < -0.39 is 11.9 Å². The third-order valence-electron chi connectivity index (χ3n) is 9.61. The van der Waals surface area contributed by atoms with Gasteiger partial charge in [-0.05, 0) is 92.6 Å². The molecule has 254 valence electrons. The van der Waals surface area contributed by atoms with Crippen LogP contribution in [-0.2, 0) is 19.3 Å². The van der Waals surface area contributed by atoms with Gasteiger partial charge in [0.15, 0.2) is 0 Å². The molecule has 2 saturated carbocycles. The molecule has 4 aromatic rings. The van der Waals surface area contributed by atoms with Gasteiger partial charge in [-0.1, -0.05) is 48.8 Å². The predicted molar refractivity (Wildman–Crippen MR) is 193 cm³/mol. The molecule has 2 aliphatic carbocycles. The summed E-state index contributed by atoms with van der Waals surface area (Å²) in [6, 6.07) is 19.4. The Balaban J connectivity index is 1.49. The first-order valence-corrected chi connectivity index (χ1v) is 18.3. The minimum Gasteiger partial charge on any atom is -0.318 e. The molecule has 1 aromatic heterocycles. The molecule has 0 aliphatic heterocycles. The first-order chi connectivity index (χ1) is 23.7. The van der Waals surface area contributed by atoms with Crippen molar-refractivity contribution in [3.8, 4) is 5.69 Å². The second kappa shape index (κ2) is 15.3. The van der Waals surface area contributed by atoms with Crippen LogP contribution in [0, 0.1) is 11.8 Å². The SMILES string of the molecule is CSc1ccc(-n2c3ccc(C(=O)/C(=N/OC(C)=O)C4CCCCC4)cc3c3cc(C(=O)/C(=N/OC(C)=O)C4CCCCC4)ccc32)cc1. The maximum absolute atomic E-state index is 14.1. The number of hydrogen-bond donors (Lipinski definition) is 0. The average molecular weight is 680 g/mol. The lowest BCUT2D eigenvalue weighted by Gasteiger charge is -2.22. The fourth-order valence-corrected chi connectivity index (χ4v) is 7.60. The smallest absolute Gasteiger partial charge is 0.318 e. The Morgan fingerprint density at radius 1 is 0.633 bits per heavy atom. The molecule has 6 rings (SSSR count). The van der Waals surface area contributed by atoms with Crippen molar-refractivity contribution in [2.24, 2.45) is 22.1 Å². The minimum atomic E-state index is -0.575. The van der Waals surface area contributed by atoms with Crippen LogP contribution in [0.1, 0.15) is 98.8 Å². The quantitative estimate of drug-likeness (QED) is 0.0540. The van der Waals surface area contributed by atoms with E-state index in [2.05, 4.69) is 39.1 Å². The molecule has 0 atom stereocenters. The summed E-state index contributed by atoms with van der Waals surface area (Å²) in [4.78, 5) is 62.8. The van der Waals surface area contributed by atoms with Gasteiger partial charge in [0.2, 0.25) is 11.6 Å². The van der Waals surface area contributed by atoms with Crippen molar-refractivity contribution >= 4 is 68.5 Å². The van der Waals surface area contributed by atoms with Gasteiger partial charge in [0.25, 0.3) is 0 Å². The van der Waals surface area contributed by atoms with Crippen molar-refractivity contribution in [3.63, 3.8) is 0 Å². The maximum Gasteiger partial charge on any atom is 0.331 e. The Bertz CT molecular complexity index is 1850. The molecular weight excluding hydrogens is 639 g/mol. The summed E-state index contributed by atoms with van der Waals surface area (Å²) in [5, 5.41) is 9.74. The van der Waals surface area contributed by atoms with Crippen molar-refractivity contribution in [1.29, 1.82) is 0 Å². The molecule has 0 N–H and O–H groups in total. The van der Waals surface area contributed by atoms with E-state index in [0.717, 1.165) is 96.6 Å². The summed E-state index contributed by atoms with van der Waals surface area (Å²) in [5.41, 5.74) is 4.05. The number of carbonyl (C=O) groups is 4. The molecule has 2 fully saturated rings. The zero-order valence-corrected chi connectivity index (χ0v) is 29.0. The van der Waals surface area contributed by atoms with Crippen LogP contribution in [0.5, 0.6) is 0 Å². The molecule has 10 heteroatoms. The Labute approximate surface area is 290 Å². The molecule has 3 aromatic carbocycles. The van der Waals surface area contributed by atoms with Gasteiger partial charge in [0, 0.05) is 58.2 Å². The number of hydrogen-bond acceptors (Lipinski definition) is 9. The van der Waals surface area contributed by atoms with Crippen LogP contribution in [0.25, 0.3) is 27.5 Å². The van der Waals surface area contributed by atoms with Crippen LogP contribution in [0.3, 0.4) is 0 Å². The summed E-state index contributed by atoms with van der Waals surface area (Å²) >= 11 is 1.66. The van der Waals surface area contributed by atoms with Gasteiger partial charge in [-0.3, -0.25) is 9.59 Å². The van der Waals surface area contributed by atoms with Crippen molar-refractivity contribution in [3.05, 3.63) is 71.8 Å². The number of aromatic nitrogens is 1. The Kier molecular flexibility index (Phi) is 10.7. The molecule has 0 saturated heterocycles. The molecule has 0 amide bonds. The number of ketones is 2. The van der Waals surface area contributed by atoms with E-state index in [4.69, 9.17) is 9.68 Å². The van der Waals surface area contributed by atoms with Gasteiger partial charge in [0.05, 0.1) is 11.0 Å². The van der Waals surface area contributed by atoms with Crippen LogP contribution in [0.2, 0.25) is 0 Å². The first-order valence-electron chi connectivity index (χ1n) is 17.1. The van der Waals surface area contributed by atoms with E-state index in [0.29, 0.717) is 11.1 Å². The van der Waals surface area contributed by atoms with E-state index in [9.17, 15) is 19.2 Å². The molecule has 1 heterocycles. The van der Waals surface area contributed by atoms with Crippen molar-refractivity contribution < 1.29 is 28.9 Å². The summed E-state index contributed by atoms with van der Waals surface area (Å²) < 4.78 is 2.13. The lowest BCUT2D eigenvalue weighted by Crippen LogP contribution is -2.27. The third-order valence-corrected chi connectivity index (χ3v) is 10.4. The maximum atomic E-state index is 14.1. The number of thioether (sulfide) groups is 1. The number of benzene rings is 3. The number of oxime groups is 2. The Hall–Kier alpha value is -4.57. The van der Waals surface area contributed by atoms with E-state index in [-0.39, 0.29) is 34.8 Å². The lowest BCUT2D eigenvalue weighted by molar-refractivity contribution is -0.141. The van der Waals surface area contributed by atoms with Crippen LogP contribution >= 0.6 is 11.8 Å². The second-order valence-corrected chi connectivity index (χ2v) is 13.8. The largest absolute Gasteiger partial charge is 0.331 e. The van der Waals surface area contributed by atoms with Crippen LogP contribution in [0.15, 0.2) is 75.9 Å². The highest BCUT2D eigenvalue weighted by Crippen LogP contribution is 2.36. The highest BCUT2D eigenvalue weighted by atomic mass is 32.2. The van der Waals surface area contributed by atoms with E-state index >= 15 is 0 Å². The Morgan fingerprint density at radius 3 is 1.45 bits per heavy atom. The van der Waals surface area contributed by atoms with Crippen LogP contribution in [0.4, 0.5) is 0 Å². The lowest BCUT2D eigenvalue weighted by atomic mass is 9.83. The molecule has 0 radical (unpaired) electrons. The van der Waals surface area contributed by atoms with Crippen molar-refractivity contribution in [2.75, 3.05) is 6.26 Å². The van der Waals surface area contributed by atoms with E-state index in [1.54, 1.807) is 23.9 Å². The normalized spacial score (nSPS) is 16.6. The average Bonchev–Trinajstić information content (AvgIpc) is 3.45. The Morgan fingerprint density at radius 2 is 1.06 bits per heavy atom. The van der Waals surface area contributed by atoms with Gasteiger partial charge in [-0.2, -0.15) is 0 Å². The van der Waals surface area contributed by atoms with Gasteiger partial charge in [-0.15, -0.1) is 11.8 Å². The van der Waals surface area contributed by atoms with Gasteiger partial charge >= 0.3 is 11.9 Å². The highest BCUT2D eigenvalue weighted by Gasteiger charge is 2.30. The number of rotatable bonds is 10. The fraction of sp³-hybridized carbons (Fsp3) is 0.385. The zero-order valence-electron chi connectivity index (χ0n) is 28.2. The number of carbonyl (C=O) groups excluding carboxylic acids is 4. The number of fused-ring (bicyclic) bond motifs is 3. The number of nitrogens with zero attached hydrogens (tertiary/aromatic N) is 3. The second-order valence-electron chi connectivity index (χ2n) is 12.9. The summed E-state index contributed by atoms with van der Waals surface area (Å²) in [6.07, 6.45) is 11.4. The van der Waals surface area contributed by atoms with Gasteiger partial charge < -0.3 is 14.2 Å². The van der Waals surface area contributed by atoms with E-state index in [1.165, 1.54) is 13.8 Å². The third kappa shape index (κ3) is 7.54. The van der Waals surface area contributed by atoms with Crippen molar-refractivity contribution in [1.82, 2.24) is 4.57 Å². The first kappa shape index (κ1) is 34.3. The van der Waals surface area contributed by atoms with Crippen molar-refractivity contribution in [2.45, 2.75) is 83.0 Å². The summed E-state index contributed by atoms with van der Waals surface area (Å²) in [5.74, 6) is -1.89. The molecular formula is C39H41N3O6S. The zero-order chi connectivity index (χ0) is 34.5. The molecule has 9 nitrogen and oxygen atoms in total. The monoisotopic (exact) mass is 679 g/mol. The summed E-state index contributed by atoms with van der Waals surface area (Å²) in [6.45, 7) is 2.54. The molecule has 2 aliphatic rings. The fourth-order valence-electron chi connectivity index (χ4n) is 7.19. The van der Waals surface area contributed by atoms with Crippen LogP contribution < -0.4 is 0 Å². The van der Waals surface area contributed by atoms with Gasteiger partial charge in [0.1, 0.15) is 11.4 Å².